The van der Waals surface area contributed by atoms with Crippen LogP contribution in [-0.2, 0) is 4.79 Å². The van der Waals surface area contributed by atoms with Crippen molar-refractivity contribution in [1.82, 2.24) is 20.2 Å². The minimum Gasteiger partial charge on any atom is -0.369 e. The zero-order chi connectivity index (χ0) is 26.1. The van der Waals surface area contributed by atoms with E-state index in [0.29, 0.717) is 28.4 Å². The van der Waals surface area contributed by atoms with Gasteiger partial charge in [-0.15, -0.1) is 0 Å². The maximum atomic E-state index is 13.1. The number of H-pyrrole nitrogens is 1. The summed E-state index contributed by atoms with van der Waals surface area (Å²) in [6.07, 6.45) is 5.11. The molecular formula is C29H27N7O2. The van der Waals surface area contributed by atoms with Gasteiger partial charge in [-0.2, -0.15) is 0 Å². The zero-order valence-electron chi connectivity index (χ0n) is 20.9. The Hall–Kier alpha value is -4.76. The summed E-state index contributed by atoms with van der Waals surface area (Å²) in [6, 6.07) is 19.1. The Bertz CT molecular complexity index is 1580. The Morgan fingerprint density at radius 3 is 2.66 bits per heavy atom. The number of fused-ring (bicyclic) bond motifs is 1. The van der Waals surface area contributed by atoms with E-state index in [9.17, 15) is 9.59 Å². The van der Waals surface area contributed by atoms with Crippen molar-refractivity contribution in [2.45, 2.75) is 0 Å². The summed E-state index contributed by atoms with van der Waals surface area (Å²) in [7, 11) is 2.12. The van der Waals surface area contributed by atoms with Gasteiger partial charge < -0.3 is 25.4 Å². The smallest absolute Gasteiger partial charge is 0.275 e. The molecule has 4 heterocycles. The summed E-state index contributed by atoms with van der Waals surface area (Å²) in [5, 5.41) is 6.56. The molecule has 1 fully saturated rings. The second kappa shape index (κ2) is 9.95. The molecule has 38 heavy (non-hydrogen) atoms. The van der Waals surface area contributed by atoms with E-state index in [1.807, 2.05) is 60.7 Å². The van der Waals surface area contributed by atoms with Crippen molar-refractivity contribution in [1.29, 1.82) is 0 Å². The summed E-state index contributed by atoms with van der Waals surface area (Å²) >= 11 is 0. The first kappa shape index (κ1) is 23.6. The lowest BCUT2D eigenvalue weighted by Gasteiger charge is -2.34. The van der Waals surface area contributed by atoms with Crippen molar-refractivity contribution >= 4 is 46.1 Å². The molecular weight excluding hydrogens is 478 g/mol. The number of aromatic nitrogens is 2. The van der Waals surface area contributed by atoms with Crippen LogP contribution in [0.3, 0.4) is 0 Å². The molecule has 0 aliphatic carbocycles. The molecule has 0 bridgehead atoms. The standard InChI is InChI=1S/C29H27N7O2/c1-35-10-12-36(13-11-35)23-9-5-8-20(14-23)28(37)32-22-16-24-21(17-30-27(24)31-18-22)15-25-29(38)34-26(33-25)19-6-3-2-4-7-19/h2-9,14-18H,10-13H2,1H3,(H,30,31)(H,32,37)(H,33,34,38)/b25-15+. The van der Waals surface area contributed by atoms with Gasteiger partial charge in [0.25, 0.3) is 11.8 Å². The molecule has 2 aliphatic heterocycles. The van der Waals surface area contributed by atoms with Crippen LogP contribution in [0.2, 0.25) is 0 Å². The number of nitrogens with zero attached hydrogens (tertiary/aromatic N) is 4. The number of anilines is 2. The third-order valence-electron chi connectivity index (χ3n) is 6.83. The number of amides is 2. The molecule has 9 nitrogen and oxygen atoms in total. The normalized spacial score (nSPS) is 17.1. The lowest BCUT2D eigenvalue weighted by molar-refractivity contribution is -0.115. The van der Waals surface area contributed by atoms with Gasteiger partial charge in [0.05, 0.1) is 11.9 Å². The summed E-state index contributed by atoms with van der Waals surface area (Å²) in [5.41, 5.74) is 4.75. The van der Waals surface area contributed by atoms with Gasteiger partial charge in [-0.05, 0) is 37.4 Å². The molecule has 2 aromatic carbocycles. The van der Waals surface area contributed by atoms with Crippen LogP contribution in [0.25, 0.3) is 17.1 Å². The van der Waals surface area contributed by atoms with Gasteiger partial charge in [-0.25, -0.2) is 9.98 Å². The third kappa shape index (κ3) is 4.79. The topological polar surface area (TPSA) is 106 Å². The van der Waals surface area contributed by atoms with Crippen LogP contribution in [0.4, 0.5) is 11.4 Å². The number of hydrogen-bond acceptors (Lipinski definition) is 6. The van der Waals surface area contributed by atoms with Crippen molar-refractivity contribution < 1.29 is 9.59 Å². The van der Waals surface area contributed by atoms with E-state index in [-0.39, 0.29) is 11.8 Å². The Balaban J connectivity index is 1.23. The SMILES string of the molecule is CN1CCN(c2cccc(C(=O)Nc3cnc4[nH]cc(/C=C5/N=C(c6ccccc6)NC5=O)c4c3)c2)CC1. The maximum absolute atomic E-state index is 13.1. The van der Waals surface area contributed by atoms with Crippen LogP contribution < -0.4 is 15.5 Å². The van der Waals surface area contributed by atoms with Crippen molar-refractivity contribution in [3.8, 4) is 0 Å². The molecule has 3 N–H and O–H groups in total. The van der Waals surface area contributed by atoms with Crippen molar-refractivity contribution in [2.75, 3.05) is 43.4 Å². The number of likely N-dealkylation sites (N-methyl/N-ethyl adjacent to an activating group) is 1. The highest BCUT2D eigenvalue weighted by Gasteiger charge is 2.22. The van der Waals surface area contributed by atoms with Gasteiger partial charge in [0.1, 0.15) is 17.2 Å². The fourth-order valence-corrected chi connectivity index (χ4v) is 4.67. The van der Waals surface area contributed by atoms with Crippen molar-refractivity contribution in [2.24, 2.45) is 4.99 Å². The second-order valence-electron chi connectivity index (χ2n) is 9.47. The molecule has 190 valence electrons. The number of amidine groups is 1. The average molecular weight is 506 g/mol. The summed E-state index contributed by atoms with van der Waals surface area (Å²) < 4.78 is 0. The number of hydrogen-bond donors (Lipinski definition) is 3. The highest BCUT2D eigenvalue weighted by atomic mass is 16.2. The number of rotatable bonds is 5. The molecule has 2 amide bonds. The Labute approximate surface area is 219 Å². The molecule has 0 spiro atoms. The second-order valence-corrected chi connectivity index (χ2v) is 9.47. The number of piperazine rings is 1. The fraction of sp³-hybridized carbons (Fsp3) is 0.172. The first-order chi connectivity index (χ1) is 18.5. The van der Waals surface area contributed by atoms with Crippen LogP contribution in [0.15, 0.2) is 83.7 Å². The number of nitrogens with one attached hydrogen (secondary N) is 3. The predicted molar refractivity (Wildman–Crippen MR) is 149 cm³/mol. The Morgan fingerprint density at radius 1 is 1.03 bits per heavy atom. The van der Waals surface area contributed by atoms with E-state index in [0.717, 1.165) is 48.4 Å². The lowest BCUT2D eigenvalue weighted by Crippen LogP contribution is -2.44. The molecule has 6 rings (SSSR count). The molecule has 1 saturated heterocycles. The maximum Gasteiger partial charge on any atom is 0.275 e. The monoisotopic (exact) mass is 505 g/mol. The summed E-state index contributed by atoms with van der Waals surface area (Å²) in [5.74, 6) is 0.0484. The third-order valence-corrected chi connectivity index (χ3v) is 6.83. The first-order valence-electron chi connectivity index (χ1n) is 12.5. The Kier molecular flexibility index (Phi) is 6.19. The molecule has 0 unspecified atom stereocenters. The molecule has 2 aromatic heterocycles. The van der Waals surface area contributed by atoms with Gasteiger partial charge in [0.2, 0.25) is 0 Å². The number of carbonyl (C=O) groups excluding carboxylic acids is 2. The largest absolute Gasteiger partial charge is 0.369 e. The van der Waals surface area contributed by atoms with Crippen molar-refractivity contribution in [3.63, 3.8) is 0 Å². The van der Waals surface area contributed by atoms with Crippen LogP contribution >= 0.6 is 0 Å². The van der Waals surface area contributed by atoms with Gasteiger partial charge in [0.15, 0.2) is 0 Å². The Morgan fingerprint density at radius 2 is 1.84 bits per heavy atom. The number of aromatic amines is 1. The minimum atomic E-state index is -0.268. The van der Waals surface area contributed by atoms with Crippen molar-refractivity contribution in [3.05, 3.63) is 95.4 Å². The molecule has 0 saturated carbocycles. The zero-order valence-corrected chi connectivity index (χ0v) is 20.9. The highest BCUT2D eigenvalue weighted by Crippen LogP contribution is 2.25. The quantitative estimate of drug-likeness (QED) is 0.360. The molecule has 2 aliphatic rings. The average Bonchev–Trinajstić information content (AvgIpc) is 3.52. The van der Waals surface area contributed by atoms with E-state index >= 15 is 0 Å². The van der Waals surface area contributed by atoms with Crippen LogP contribution in [0, 0.1) is 0 Å². The molecule has 0 atom stereocenters. The highest BCUT2D eigenvalue weighted by molar-refractivity contribution is 6.20. The molecule has 4 aromatic rings. The lowest BCUT2D eigenvalue weighted by atomic mass is 10.1. The van der Waals surface area contributed by atoms with E-state index in [1.54, 1.807) is 18.5 Å². The fourth-order valence-electron chi connectivity index (χ4n) is 4.67. The van der Waals surface area contributed by atoms with E-state index in [4.69, 9.17) is 0 Å². The van der Waals surface area contributed by atoms with Gasteiger partial charge in [-0.1, -0.05) is 36.4 Å². The van der Waals surface area contributed by atoms with E-state index < -0.39 is 0 Å². The van der Waals surface area contributed by atoms with Gasteiger partial charge in [-0.3, -0.25) is 9.59 Å². The van der Waals surface area contributed by atoms with E-state index in [2.05, 4.69) is 42.4 Å². The van der Waals surface area contributed by atoms with Gasteiger partial charge in [0, 0.05) is 60.1 Å². The first-order valence-corrected chi connectivity index (χ1v) is 12.5. The molecule has 9 heteroatoms. The van der Waals surface area contributed by atoms with Crippen LogP contribution in [0.5, 0.6) is 0 Å². The van der Waals surface area contributed by atoms with E-state index in [1.165, 1.54) is 0 Å². The van der Waals surface area contributed by atoms with Crippen LogP contribution in [0.1, 0.15) is 21.5 Å². The molecule has 0 radical (unpaired) electrons. The number of benzene rings is 2. The number of carbonyl (C=O) groups is 2. The summed E-state index contributed by atoms with van der Waals surface area (Å²) in [6.45, 7) is 3.86. The summed E-state index contributed by atoms with van der Waals surface area (Å²) in [4.78, 5) is 42.3. The predicted octanol–water partition coefficient (Wildman–Crippen LogP) is 3.48. The van der Waals surface area contributed by atoms with Crippen LogP contribution in [-0.4, -0.2) is 65.7 Å². The number of pyridine rings is 1. The minimum absolute atomic E-state index is 0.204. The number of aliphatic imine (C=N–C) groups is 1. The van der Waals surface area contributed by atoms with Gasteiger partial charge >= 0.3 is 0 Å².